The lowest BCUT2D eigenvalue weighted by Crippen LogP contribution is -2.30. The van der Waals surface area contributed by atoms with Gasteiger partial charge in [0.1, 0.15) is 5.75 Å². The SMILES string of the molecule is CCOc1ccc(NC(=O)NCCc2ccoc2)cc1. The summed E-state index contributed by atoms with van der Waals surface area (Å²) in [5, 5.41) is 5.55. The molecule has 5 nitrogen and oxygen atoms in total. The van der Waals surface area contributed by atoms with Gasteiger partial charge in [0.25, 0.3) is 0 Å². The minimum Gasteiger partial charge on any atom is -0.494 e. The van der Waals surface area contributed by atoms with E-state index in [0.29, 0.717) is 13.2 Å². The highest BCUT2D eigenvalue weighted by Gasteiger charge is 2.02. The Balaban J connectivity index is 1.73. The second-order valence-electron chi connectivity index (χ2n) is 4.22. The number of nitrogens with one attached hydrogen (secondary N) is 2. The Morgan fingerprint density at radius 1 is 1.25 bits per heavy atom. The molecule has 0 radical (unpaired) electrons. The molecule has 0 fully saturated rings. The van der Waals surface area contributed by atoms with Gasteiger partial charge in [-0.1, -0.05) is 0 Å². The number of rotatable bonds is 6. The predicted molar refractivity (Wildman–Crippen MR) is 77.0 cm³/mol. The van der Waals surface area contributed by atoms with Crippen LogP contribution < -0.4 is 15.4 Å². The lowest BCUT2D eigenvalue weighted by molar-refractivity contribution is 0.252. The number of benzene rings is 1. The molecule has 2 amide bonds. The van der Waals surface area contributed by atoms with Crippen molar-refractivity contribution in [2.45, 2.75) is 13.3 Å². The van der Waals surface area contributed by atoms with E-state index in [-0.39, 0.29) is 6.03 Å². The zero-order chi connectivity index (χ0) is 14.2. The highest BCUT2D eigenvalue weighted by molar-refractivity contribution is 5.89. The first kappa shape index (κ1) is 14.0. The molecule has 0 unspecified atom stereocenters. The molecule has 106 valence electrons. The summed E-state index contributed by atoms with van der Waals surface area (Å²) in [7, 11) is 0. The van der Waals surface area contributed by atoms with E-state index < -0.39 is 0 Å². The molecule has 2 aromatic rings. The highest BCUT2D eigenvalue weighted by atomic mass is 16.5. The van der Waals surface area contributed by atoms with Crippen molar-refractivity contribution >= 4 is 11.7 Å². The normalized spacial score (nSPS) is 10.1. The van der Waals surface area contributed by atoms with Gasteiger partial charge >= 0.3 is 6.03 Å². The third kappa shape index (κ3) is 4.35. The van der Waals surface area contributed by atoms with Crippen molar-refractivity contribution in [2.75, 3.05) is 18.5 Å². The third-order valence-corrected chi connectivity index (χ3v) is 2.70. The van der Waals surface area contributed by atoms with Crippen molar-refractivity contribution in [3.8, 4) is 5.75 Å². The van der Waals surface area contributed by atoms with Gasteiger partial charge in [0.2, 0.25) is 0 Å². The number of carbonyl (C=O) groups excluding carboxylic acids is 1. The first-order valence-corrected chi connectivity index (χ1v) is 6.56. The first-order valence-electron chi connectivity index (χ1n) is 6.56. The summed E-state index contributed by atoms with van der Waals surface area (Å²) in [6, 6.07) is 8.92. The fourth-order valence-corrected chi connectivity index (χ4v) is 1.73. The molecule has 0 aliphatic rings. The van der Waals surface area contributed by atoms with Crippen LogP contribution in [0.5, 0.6) is 5.75 Å². The Morgan fingerprint density at radius 2 is 2.05 bits per heavy atom. The smallest absolute Gasteiger partial charge is 0.319 e. The summed E-state index contributed by atoms with van der Waals surface area (Å²) >= 11 is 0. The molecule has 0 saturated carbocycles. The van der Waals surface area contributed by atoms with Gasteiger partial charge in [-0.25, -0.2) is 4.79 Å². The first-order chi connectivity index (χ1) is 9.78. The number of carbonyl (C=O) groups is 1. The molecule has 20 heavy (non-hydrogen) atoms. The number of hydrogen-bond donors (Lipinski definition) is 2. The van der Waals surface area contributed by atoms with Crippen molar-refractivity contribution in [3.05, 3.63) is 48.4 Å². The minimum absolute atomic E-state index is 0.224. The summed E-state index contributed by atoms with van der Waals surface area (Å²) in [5.41, 5.74) is 1.79. The zero-order valence-corrected chi connectivity index (χ0v) is 11.4. The van der Waals surface area contributed by atoms with Gasteiger partial charge in [0.05, 0.1) is 19.1 Å². The predicted octanol–water partition coefficient (Wildman–Crippen LogP) is 3.04. The molecule has 0 aliphatic carbocycles. The molecule has 2 rings (SSSR count). The van der Waals surface area contributed by atoms with Gasteiger partial charge in [0, 0.05) is 12.2 Å². The zero-order valence-electron chi connectivity index (χ0n) is 11.4. The maximum atomic E-state index is 11.7. The molecule has 1 heterocycles. The summed E-state index contributed by atoms with van der Waals surface area (Å²) < 4.78 is 10.3. The number of hydrogen-bond acceptors (Lipinski definition) is 3. The molecular formula is C15H18N2O3. The Labute approximate surface area is 117 Å². The molecule has 1 aromatic heterocycles. The maximum absolute atomic E-state index is 11.7. The topological polar surface area (TPSA) is 63.5 Å². The Kier molecular flexibility index (Phi) is 5.06. The van der Waals surface area contributed by atoms with Crippen LogP contribution in [-0.4, -0.2) is 19.2 Å². The number of amides is 2. The van der Waals surface area contributed by atoms with Gasteiger partial charge < -0.3 is 19.8 Å². The van der Waals surface area contributed by atoms with Crippen LogP contribution in [-0.2, 0) is 6.42 Å². The van der Waals surface area contributed by atoms with Gasteiger partial charge in [-0.3, -0.25) is 0 Å². The third-order valence-electron chi connectivity index (χ3n) is 2.70. The molecule has 0 spiro atoms. The lowest BCUT2D eigenvalue weighted by Gasteiger charge is -2.08. The van der Waals surface area contributed by atoms with E-state index >= 15 is 0 Å². The van der Waals surface area contributed by atoms with Crippen LogP contribution in [0, 0.1) is 0 Å². The molecular weight excluding hydrogens is 256 g/mol. The monoisotopic (exact) mass is 274 g/mol. The Hall–Kier alpha value is -2.43. The molecule has 5 heteroatoms. The summed E-state index contributed by atoms with van der Waals surface area (Å²) in [5.74, 6) is 0.790. The second-order valence-corrected chi connectivity index (χ2v) is 4.22. The van der Waals surface area contributed by atoms with Crippen LogP contribution in [0.1, 0.15) is 12.5 Å². The van der Waals surface area contributed by atoms with Gasteiger partial charge in [0.15, 0.2) is 0 Å². The van der Waals surface area contributed by atoms with Gasteiger partial charge in [-0.2, -0.15) is 0 Å². The average Bonchev–Trinajstić information content (AvgIpc) is 2.94. The maximum Gasteiger partial charge on any atom is 0.319 e. The number of furan rings is 1. The minimum atomic E-state index is -0.224. The van der Waals surface area contributed by atoms with Gasteiger partial charge in [-0.15, -0.1) is 0 Å². The average molecular weight is 274 g/mol. The van der Waals surface area contributed by atoms with Crippen molar-refractivity contribution in [1.82, 2.24) is 5.32 Å². The van der Waals surface area contributed by atoms with Crippen molar-refractivity contribution < 1.29 is 13.9 Å². The van der Waals surface area contributed by atoms with Gasteiger partial charge in [-0.05, 0) is 49.2 Å². The lowest BCUT2D eigenvalue weighted by atomic mass is 10.2. The fraction of sp³-hybridized carbons (Fsp3) is 0.267. The summed E-state index contributed by atoms with van der Waals surface area (Å²) in [6.45, 7) is 3.11. The highest BCUT2D eigenvalue weighted by Crippen LogP contribution is 2.15. The Bertz CT molecular complexity index is 521. The van der Waals surface area contributed by atoms with Crippen LogP contribution >= 0.6 is 0 Å². The molecule has 0 atom stereocenters. The molecule has 0 bridgehead atoms. The summed E-state index contributed by atoms with van der Waals surface area (Å²) in [4.78, 5) is 11.7. The number of urea groups is 1. The molecule has 0 saturated heterocycles. The van der Waals surface area contributed by atoms with Crippen LogP contribution in [0.3, 0.4) is 0 Å². The van der Waals surface area contributed by atoms with E-state index in [1.54, 1.807) is 24.7 Å². The van der Waals surface area contributed by atoms with E-state index in [2.05, 4.69) is 10.6 Å². The quantitative estimate of drug-likeness (QED) is 0.851. The van der Waals surface area contributed by atoms with E-state index in [4.69, 9.17) is 9.15 Å². The van der Waals surface area contributed by atoms with Crippen LogP contribution in [0.25, 0.3) is 0 Å². The van der Waals surface area contributed by atoms with Crippen molar-refractivity contribution in [2.24, 2.45) is 0 Å². The van der Waals surface area contributed by atoms with Crippen molar-refractivity contribution in [3.63, 3.8) is 0 Å². The standard InChI is InChI=1S/C15H18N2O3/c1-2-20-14-5-3-13(4-6-14)17-15(18)16-9-7-12-8-10-19-11-12/h3-6,8,10-11H,2,7,9H2,1H3,(H2,16,17,18). The second kappa shape index (κ2) is 7.23. The number of anilines is 1. The fourth-order valence-electron chi connectivity index (χ4n) is 1.73. The van der Waals surface area contributed by atoms with Crippen LogP contribution in [0.4, 0.5) is 10.5 Å². The van der Waals surface area contributed by atoms with E-state index in [1.807, 2.05) is 25.1 Å². The Morgan fingerprint density at radius 3 is 2.70 bits per heavy atom. The largest absolute Gasteiger partial charge is 0.494 e. The molecule has 2 N–H and O–H groups in total. The van der Waals surface area contributed by atoms with Crippen molar-refractivity contribution in [1.29, 1.82) is 0 Å². The van der Waals surface area contributed by atoms with Crippen LogP contribution in [0.2, 0.25) is 0 Å². The van der Waals surface area contributed by atoms with E-state index in [0.717, 1.165) is 23.4 Å². The van der Waals surface area contributed by atoms with Crippen LogP contribution in [0.15, 0.2) is 47.3 Å². The van der Waals surface area contributed by atoms with E-state index in [9.17, 15) is 4.79 Å². The van der Waals surface area contributed by atoms with E-state index in [1.165, 1.54) is 0 Å². The number of ether oxygens (including phenoxy) is 1. The molecule has 0 aliphatic heterocycles. The summed E-state index contributed by atoms with van der Waals surface area (Å²) in [6.07, 6.45) is 4.04. The molecule has 1 aromatic carbocycles.